The van der Waals surface area contributed by atoms with Crippen LogP contribution in [0, 0.1) is 5.82 Å². The van der Waals surface area contributed by atoms with E-state index in [1.165, 1.54) is 17.1 Å². The zero-order chi connectivity index (χ0) is 15.1. The van der Waals surface area contributed by atoms with Gasteiger partial charge < -0.3 is 5.11 Å². The van der Waals surface area contributed by atoms with E-state index in [-0.39, 0.29) is 17.7 Å². The van der Waals surface area contributed by atoms with Gasteiger partial charge in [-0.15, -0.1) is 16.7 Å². The van der Waals surface area contributed by atoms with Crippen molar-refractivity contribution in [2.75, 3.05) is 0 Å². The van der Waals surface area contributed by atoms with Crippen LogP contribution in [0.3, 0.4) is 0 Å². The lowest BCUT2D eigenvalue weighted by Gasteiger charge is -2.35. The maximum atomic E-state index is 14.0. The van der Waals surface area contributed by atoms with Crippen molar-refractivity contribution in [3.05, 3.63) is 48.6 Å². The summed E-state index contributed by atoms with van der Waals surface area (Å²) in [6.45, 7) is 3.91. The summed E-state index contributed by atoms with van der Waals surface area (Å²) < 4.78 is 15.4. The summed E-state index contributed by atoms with van der Waals surface area (Å²) in [4.78, 5) is -0.863. The van der Waals surface area contributed by atoms with Gasteiger partial charge in [0.1, 0.15) is 17.7 Å². The molecule has 2 aromatic rings. The maximum Gasteiger partial charge on any atom is 0.138 e. The van der Waals surface area contributed by atoms with E-state index >= 15 is 0 Å². The fraction of sp³-hybridized carbons (Fsp3) is 0.357. The van der Waals surface area contributed by atoms with Gasteiger partial charge in [0.15, 0.2) is 0 Å². The molecule has 1 aromatic carbocycles. The lowest BCUT2D eigenvalue weighted by Crippen LogP contribution is -2.46. The highest BCUT2D eigenvalue weighted by Crippen LogP contribution is 2.56. The molecule has 0 spiro atoms. The second-order valence-corrected chi connectivity index (χ2v) is 6.01. The minimum Gasteiger partial charge on any atom is -0.381 e. The molecule has 1 aromatic heterocycles. The zero-order valence-corrected chi connectivity index (χ0v) is 12.0. The van der Waals surface area contributed by atoms with Crippen LogP contribution < -0.4 is 0 Å². The molecule has 1 unspecified atom stereocenters. The van der Waals surface area contributed by atoms with Crippen LogP contribution in [-0.4, -0.2) is 35.8 Å². The third kappa shape index (κ3) is 2.34. The van der Waals surface area contributed by atoms with Crippen molar-refractivity contribution in [3.8, 4) is 0 Å². The van der Waals surface area contributed by atoms with Crippen LogP contribution in [0.25, 0.3) is 5.57 Å². The fourth-order valence-electron chi connectivity index (χ4n) is 2.45. The van der Waals surface area contributed by atoms with Crippen molar-refractivity contribution in [1.82, 2.24) is 20.2 Å². The SMILES string of the molecule is C=C(c1ccccc1F)C(O)(Cn1cnnn1)C1(Cl)CC1. The van der Waals surface area contributed by atoms with Crippen molar-refractivity contribution in [1.29, 1.82) is 0 Å². The Bertz CT molecular complexity index is 671. The highest BCUT2D eigenvalue weighted by Gasteiger charge is 2.60. The highest BCUT2D eigenvalue weighted by molar-refractivity contribution is 6.27. The molecule has 0 saturated heterocycles. The van der Waals surface area contributed by atoms with E-state index in [9.17, 15) is 9.50 Å². The van der Waals surface area contributed by atoms with Gasteiger partial charge in [0, 0.05) is 5.56 Å². The fourth-order valence-corrected chi connectivity index (χ4v) is 2.72. The van der Waals surface area contributed by atoms with Crippen LogP contribution in [0.15, 0.2) is 37.2 Å². The van der Waals surface area contributed by atoms with Crippen LogP contribution in [-0.2, 0) is 6.54 Å². The molecule has 7 heteroatoms. The molecule has 1 N–H and O–H groups in total. The van der Waals surface area contributed by atoms with Crippen LogP contribution >= 0.6 is 11.6 Å². The van der Waals surface area contributed by atoms with Crippen LogP contribution in [0.1, 0.15) is 18.4 Å². The van der Waals surface area contributed by atoms with Crippen molar-refractivity contribution in [3.63, 3.8) is 0 Å². The van der Waals surface area contributed by atoms with E-state index in [4.69, 9.17) is 11.6 Å². The molecule has 1 aliphatic rings. The Kier molecular flexibility index (Phi) is 3.30. The number of tetrazole rings is 1. The minimum atomic E-state index is -1.52. The molecule has 3 rings (SSSR count). The summed E-state index contributed by atoms with van der Waals surface area (Å²) in [5.41, 5.74) is -1.03. The second kappa shape index (κ2) is 4.89. The Hall–Kier alpha value is -1.79. The number of aliphatic hydroxyl groups is 1. The summed E-state index contributed by atoms with van der Waals surface area (Å²) in [6.07, 6.45) is 2.63. The van der Waals surface area contributed by atoms with Gasteiger partial charge in [0.05, 0.1) is 11.4 Å². The molecule has 0 radical (unpaired) electrons. The van der Waals surface area contributed by atoms with Gasteiger partial charge in [-0.2, -0.15) is 0 Å². The van der Waals surface area contributed by atoms with Gasteiger partial charge in [-0.25, -0.2) is 9.07 Å². The smallest absolute Gasteiger partial charge is 0.138 e. The van der Waals surface area contributed by atoms with Crippen molar-refractivity contribution < 1.29 is 9.50 Å². The number of nitrogens with zero attached hydrogens (tertiary/aromatic N) is 4. The van der Waals surface area contributed by atoms with E-state index in [2.05, 4.69) is 22.1 Å². The number of hydrogen-bond donors (Lipinski definition) is 1. The lowest BCUT2D eigenvalue weighted by atomic mass is 9.84. The predicted molar refractivity (Wildman–Crippen MR) is 76.0 cm³/mol. The molecule has 1 fully saturated rings. The van der Waals surface area contributed by atoms with Crippen LogP contribution in [0.5, 0.6) is 0 Å². The number of alkyl halides is 1. The van der Waals surface area contributed by atoms with E-state index in [0.717, 1.165) is 0 Å². The van der Waals surface area contributed by atoms with E-state index in [1.807, 2.05) is 0 Å². The Labute approximate surface area is 126 Å². The standard InChI is InChI=1S/C14H14ClFN4O/c1-10(11-4-2-3-5-12(11)16)14(21,13(15)6-7-13)8-20-9-17-18-19-20/h2-5,9,21H,1,6-8H2. The number of benzene rings is 1. The summed E-state index contributed by atoms with van der Waals surface area (Å²) in [7, 11) is 0. The molecule has 5 nitrogen and oxygen atoms in total. The Balaban J connectivity index is 2.00. The Morgan fingerprint density at radius 3 is 2.76 bits per heavy atom. The molecule has 110 valence electrons. The van der Waals surface area contributed by atoms with Gasteiger partial charge in [-0.3, -0.25) is 0 Å². The molecule has 21 heavy (non-hydrogen) atoms. The van der Waals surface area contributed by atoms with Crippen molar-refractivity contribution in [2.45, 2.75) is 29.9 Å². The normalized spacial score (nSPS) is 19.0. The highest BCUT2D eigenvalue weighted by atomic mass is 35.5. The average Bonchev–Trinajstić information content (AvgIpc) is 3.02. The minimum absolute atomic E-state index is 0.0245. The maximum absolute atomic E-state index is 14.0. The monoisotopic (exact) mass is 308 g/mol. The molecule has 1 aliphatic carbocycles. The molecule has 1 saturated carbocycles. The summed E-state index contributed by atoms with van der Waals surface area (Å²) in [6, 6.07) is 6.17. The molecule has 1 atom stereocenters. The van der Waals surface area contributed by atoms with Gasteiger partial charge in [0.2, 0.25) is 0 Å². The van der Waals surface area contributed by atoms with Crippen LogP contribution in [0.2, 0.25) is 0 Å². The molecule has 0 bridgehead atoms. The second-order valence-electron chi connectivity index (χ2n) is 5.29. The largest absolute Gasteiger partial charge is 0.381 e. The molecular formula is C14H14ClFN4O. The van der Waals surface area contributed by atoms with E-state index < -0.39 is 16.3 Å². The lowest BCUT2D eigenvalue weighted by molar-refractivity contribution is 0.0654. The van der Waals surface area contributed by atoms with Crippen LogP contribution in [0.4, 0.5) is 4.39 Å². The van der Waals surface area contributed by atoms with Crippen molar-refractivity contribution in [2.24, 2.45) is 0 Å². The molecule has 0 amide bonds. The quantitative estimate of drug-likeness (QED) is 0.858. The third-order valence-corrected chi connectivity index (χ3v) is 4.60. The van der Waals surface area contributed by atoms with E-state index in [1.54, 1.807) is 18.2 Å². The first kappa shape index (κ1) is 14.2. The summed E-state index contributed by atoms with van der Waals surface area (Å²) >= 11 is 6.45. The van der Waals surface area contributed by atoms with Gasteiger partial charge in [-0.05, 0) is 34.9 Å². The predicted octanol–water partition coefficient (Wildman–Crippen LogP) is 2.03. The summed E-state index contributed by atoms with van der Waals surface area (Å²) in [5, 5.41) is 21.9. The molecular weight excluding hydrogens is 295 g/mol. The first-order chi connectivity index (χ1) is 9.96. The Morgan fingerprint density at radius 1 is 1.48 bits per heavy atom. The zero-order valence-electron chi connectivity index (χ0n) is 11.2. The van der Waals surface area contributed by atoms with E-state index in [0.29, 0.717) is 12.8 Å². The molecule has 1 heterocycles. The first-order valence-corrected chi connectivity index (χ1v) is 6.90. The number of hydrogen-bond acceptors (Lipinski definition) is 4. The van der Waals surface area contributed by atoms with Crippen molar-refractivity contribution >= 4 is 17.2 Å². The topological polar surface area (TPSA) is 63.8 Å². The van der Waals surface area contributed by atoms with Gasteiger partial charge in [0.25, 0.3) is 0 Å². The Morgan fingerprint density at radius 2 is 2.19 bits per heavy atom. The summed E-state index contributed by atoms with van der Waals surface area (Å²) in [5.74, 6) is -0.446. The number of halogens is 2. The first-order valence-electron chi connectivity index (χ1n) is 6.53. The third-order valence-electron chi connectivity index (χ3n) is 3.91. The number of rotatable bonds is 5. The van der Waals surface area contributed by atoms with Gasteiger partial charge in [-0.1, -0.05) is 24.8 Å². The average molecular weight is 309 g/mol. The number of aromatic nitrogens is 4. The van der Waals surface area contributed by atoms with Gasteiger partial charge >= 0.3 is 0 Å². The molecule has 0 aliphatic heterocycles.